The summed E-state index contributed by atoms with van der Waals surface area (Å²) in [6.07, 6.45) is 0. The van der Waals surface area contributed by atoms with Gasteiger partial charge in [-0.3, -0.25) is 4.79 Å². The van der Waals surface area contributed by atoms with Crippen LogP contribution in [0.25, 0.3) is 0 Å². The summed E-state index contributed by atoms with van der Waals surface area (Å²) in [6, 6.07) is 0. The van der Waals surface area contributed by atoms with Crippen molar-refractivity contribution in [3.8, 4) is 0 Å². The van der Waals surface area contributed by atoms with Crippen LogP contribution < -0.4 is 5.32 Å². The quantitative estimate of drug-likeness (QED) is 0.791. The molecule has 0 aromatic carbocycles. The van der Waals surface area contributed by atoms with Gasteiger partial charge in [-0.25, -0.2) is 0 Å². The summed E-state index contributed by atoms with van der Waals surface area (Å²) in [5.74, 6) is -0.0434. The molecule has 0 unspecified atom stereocenters. The Balaban J connectivity index is 3.80. The first-order valence-electron chi connectivity index (χ1n) is 3.14. The van der Waals surface area contributed by atoms with Gasteiger partial charge in [-0.2, -0.15) is 0 Å². The molecule has 4 heteroatoms. The van der Waals surface area contributed by atoms with E-state index < -0.39 is 4.32 Å². The van der Waals surface area contributed by atoms with Crippen LogP contribution in [0.15, 0.2) is 11.1 Å². The van der Waals surface area contributed by atoms with Crippen LogP contribution in [-0.2, 0) is 4.79 Å². The lowest BCUT2D eigenvalue weighted by molar-refractivity contribution is -0.122. The molecule has 0 atom stereocenters. The molecule has 2 nitrogen and oxygen atoms in total. The Hall–Kier alpha value is 0.170. The fraction of sp³-hybridized carbons (Fsp3) is 0.571. The maximum absolute atomic E-state index is 11.1. The average Bonchev–Trinajstić information content (AvgIpc) is 1.80. The minimum Gasteiger partial charge on any atom is -0.350 e. The molecule has 0 aromatic rings. The Kier molecular flexibility index (Phi) is 4.32. The Morgan fingerprint density at radius 1 is 1.64 bits per heavy atom. The monoisotopic (exact) mass is 283 g/mol. The van der Waals surface area contributed by atoms with Crippen LogP contribution in [-0.4, -0.2) is 16.8 Å². The fourth-order valence-electron chi connectivity index (χ4n) is 0.386. The molecule has 64 valence electrons. The van der Waals surface area contributed by atoms with Crippen LogP contribution >= 0.6 is 31.9 Å². The van der Waals surface area contributed by atoms with E-state index in [1.807, 2.05) is 0 Å². The number of carbonyl (C=O) groups excluding carboxylic acids is 1. The van der Waals surface area contributed by atoms with Gasteiger partial charge in [0.25, 0.3) is 0 Å². The molecular weight excluding hydrogens is 274 g/mol. The number of alkyl halides is 1. The van der Waals surface area contributed by atoms with Crippen LogP contribution in [0, 0.1) is 0 Å². The van der Waals surface area contributed by atoms with Gasteiger partial charge in [-0.15, -0.1) is 0 Å². The normalized spacial score (nSPS) is 10.9. The van der Waals surface area contributed by atoms with Gasteiger partial charge in [0.05, 0.1) is 4.32 Å². The molecule has 0 saturated carbocycles. The van der Waals surface area contributed by atoms with E-state index >= 15 is 0 Å². The van der Waals surface area contributed by atoms with E-state index in [0.29, 0.717) is 6.54 Å². The highest BCUT2D eigenvalue weighted by atomic mass is 79.9. The first-order chi connectivity index (χ1) is 4.84. The molecule has 0 saturated heterocycles. The summed E-state index contributed by atoms with van der Waals surface area (Å²) in [5.41, 5.74) is 0. The van der Waals surface area contributed by atoms with Gasteiger partial charge >= 0.3 is 0 Å². The molecule has 0 spiro atoms. The van der Waals surface area contributed by atoms with E-state index in [9.17, 15) is 4.79 Å². The van der Waals surface area contributed by atoms with E-state index in [2.05, 4.69) is 43.8 Å². The summed E-state index contributed by atoms with van der Waals surface area (Å²) < 4.78 is 0.262. The smallest absolute Gasteiger partial charge is 0.236 e. The lowest BCUT2D eigenvalue weighted by atomic mass is 10.2. The van der Waals surface area contributed by atoms with Crippen molar-refractivity contribution < 1.29 is 4.79 Å². The van der Waals surface area contributed by atoms with Crippen LogP contribution in [0.5, 0.6) is 0 Å². The van der Waals surface area contributed by atoms with Crippen molar-refractivity contribution in [2.24, 2.45) is 0 Å². The van der Waals surface area contributed by atoms with Crippen LogP contribution in [0.2, 0.25) is 0 Å². The van der Waals surface area contributed by atoms with E-state index in [0.717, 1.165) is 4.48 Å². The van der Waals surface area contributed by atoms with Crippen LogP contribution in [0.1, 0.15) is 13.8 Å². The highest BCUT2D eigenvalue weighted by Crippen LogP contribution is 2.15. The van der Waals surface area contributed by atoms with Gasteiger partial charge in [-0.05, 0) is 13.8 Å². The van der Waals surface area contributed by atoms with Crippen molar-refractivity contribution in [1.82, 2.24) is 5.32 Å². The largest absolute Gasteiger partial charge is 0.350 e. The predicted molar refractivity (Wildman–Crippen MR) is 54.1 cm³/mol. The van der Waals surface area contributed by atoms with Gasteiger partial charge in [0.1, 0.15) is 0 Å². The van der Waals surface area contributed by atoms with Crippen molar-refractivity contribution in [3.63, 3.8) is 0 Å². The fourth-order valence-corrected chi connectivity index (χ4v) is 0.667. The highest BCUT2D eigenvalue weighted by Gasteiger charge is 2.22. The van der Waals surface area contributed by atoms with Gasteiger partial charge in [0.2, 0.25) is 5.91 Å². The molecule has 0 aliphatic rings. The molecule has 0 rings (SSSR count). The predicted octanol–water partition coefficient (Wildman–Crippen LogP) is 2.18. The Bertz CT molecular complexity index is 172. The number of amides is 1. The highest BCUT2D eigenvalue weighted by molar-refractivity contribution is 9.11. The lowest BCUT2D eigenvalue weighted by Crippen LogP contribution is -2.37. The van der Waals surface area contributed by atoms with Crippen LogP contribution in [0.4, 0.5) is 0 Å². The zero-order chi connectivity index (χ0) is 9.07. The Morgan fingerprint density at radius 3 is 2.36 bits per heavy atom. The van der Waals surface area contributed by atoms with Crippen molar-refractivity contribution in [2.75, 3.05) is 6.54 Å². The van der Waals surface area contributed by atoms with Gasteiger partial charge in [0, 0.05) is 11.0 Å². The number of carbonyl (C=O) groups is 1. The van der Waals surface area contributed by atoms with Gasteiger partial charge in [0.15, 0.2) is 0 Å². The number of hydrogen-bond donors (Lipinski definition) is 1. The SMILES string of the molecule is C=C(Br)CNC(=O)C(C)(C)Br. The van der Waals surface area contributed by atoms with E-state index in [1.165, 1.54) is 0 Å². The van der Waals surface area contributed by atoms with E-state index in [1.54, 1.807) is 13.8 Å². The molecule has 0 radical (unpaired) electrons. The van der Waals surface area contributed by atoms with Crippen LogP contribution in [0.3, 0.4) is 0 Å². The first kappa shape index (κ1) is 11.2. The second kappa shape index (κ2) is 4.26. The lowest BCUT2D eigenvalue weighted by Gasteiger charge is -2.15. The third kappa shape index (κ3) is 5.44. The second-order valence-electron chi connectivity index (χ2n) is 2.67. The average molecular weight is 285 g/mol. The minimum absolute atomic E-state index is 0.0434. The Labute approximate surface area is 83.7 Å². The molecule has 0 aromatic heterocycles. The van der Waals surface area contributed by atoms with E-state index in [4.69, 9.17) is 0 Å². The maximum atomic E-state index is 11.1. The molecule has 0 aliphatic heterocycles. The number of halogens is 2. The van der Waals surface area contributed by atoms with Gasteiger partial charge in [-0.1, -0.05) is 38.4 Å². The second-order valence-corrected chi connectivity index (χ2v) is 5.78. The molecular formula is C7H11Br2NO. The molecule has 11 heavy (non-hydrogen) atoms. The molecule has 0 heterocycles. The summed E-state index contributed by atoms with van der Waals surface area (Å²) >= 11 is 6.38. The summed E-state index contributed by atoms with van der Waals surface area (Å²) in [6.45, 7) is 7.64. The number of hydrogen-bond acceptors (Lipinski definition) is 1. The molecule has 0 bridgehead atoms. The molecule has 0 fully saturated rings. The summed E-state index contributed by atoms with van der Waals surface area (Å²) in [7, 11) is 0. The zero-order valence-corrected chi connectivity index (χ0v) is 9.75. The van der Waals surface area contributed by atoms with Crippen molar-refractivity contribution in [2.45, 2.75) is 18.2 Å². The third-order valence-corrected chi connectivity index (χ3v) is 1.62. The maximum Gasteiger partial charge on any atom is 0.236 e. The first-order valence-corrected chi connectivity index (χ1v) is 4.73. The third-order valence-electron chi connectivity index (χ3n) is 0.981. The topological polar surface area (TPSA) is 29.1 Å². The zero-order valence-electron chi connectivity index (χ0n) is 6.58. The molecule has 1 N–H and O–H groups in total. The summed E-state index contributed by atoms with van der Waals surface area (Å²) in [5, 5.41) is 2.69. The summed E-state index contributed by atoms with van der Waals surface area (Å²) in [4.78, 5) is 11.1. The molecule has 0 aliphatic carbocycles. The number of rotatable bonds is 3. The van der Waals surface area contributed by atoms with Crippen molar-refractivity contribution in [1.29, 1.82) is 0 Å². The Morgan fingerprint density at radius 2 is 2.09 bits per heavy atom. The van der Waals surface area contributed by atoms with E-state index in [-0.39, 0.29) is 5.91 Å². The van der Waals surface area contributed by atoms with Crippen molar-refractivity contribution in [3.05, 3.63) is 11.1 Å². The van der Waals surface area contributed by atoms with Crippen molar-refractivity contribution >= 4 is 37.8 Å². The molecule has 1 amide bonds. The van der Waals surface area contributed by atoms with Gasteiger partial charge < -0.3 is 5.32 Å². The standard InChI is InChI=1S/C7H11Br2NO/c1-5(8)4-10-6(11)7(2,3)9/h1,4H2,2-3H3,(H,10,11). The minimum atomic E-state index is -0.505. The number of nitrogens with one attached hydrogen (secondary N) is 1.